The second-order valence-corrected chi connectivity index (χ2v) is 7.23. The van der Waals surface area contributed by atoms with Crippen LogP contribution in [0.3, 0.4) is 0 Å². The number of carbonyl (C=O) groups excluding carboxylic acids is 1. The Balaban J connectivity index is 1.45. The summed E-state index contributed by atoms with van der Waals surface area (Å²) >= 11 is 5.26. The lowest BCUT2D eigenvalue weighted by atomic mass is 10.2. The Morgan fingerprint density at radius 2 is 1.41 bits per heavy atom. The van der Waals surface area contributed by atoms with E-state index in [4.69, 9.17) is 26.4 Å². The minimum atomic E-state index is -0.323. The van der Waals surface area contributed by atoms with E-state index in [9.17, 15) is 4.79 Å². The van der Waals surface area contributed by atoms with E-state index in [1.54, 1.807) is 24.3 Å². The molecule has 0 atom stereocenters. The highest BCUT2D eigenvalue weighted by Gasteiger charge is 2.09. The zero-order valence-electron chi connectivity index (χ0n) is 17.9. The summed E-state index contributed by atoms with van der Waals surface area (Å²) in [5.41, 5.74) is 1.20. The van der Waals surface area contributed by atoms with Crippen molar-refractivity contribution in [3.05, 3.63) is 84.4 Å². The average molecular weight is 451 g/mol. The van der Waals surface area contributed by atoms with Crippen molar-refractivity contribution in [1.29, 1.82) is 0 Å². The van der Waals surface area contributed by atoms with Crippen molar-refractivity contribution in [2.45, 2.75) is 13.3 Å². The van der Waals surface area contributed by atoms with Gasteiger partial charge in [-0.2, -0.15) is 0 Å². The second-order valence-electron chi connectivity index (χ2n) is 6.82. The van der Waals surface area contributed by atoms with Gasteiger partial charge in [0.05, 0.1) is 6.61 Å². The Morgan fingerprint density at radius 1 is 0.781 bits per heavy atom. The van der Waals surface area contributed by atoms with Crippen molar-refractivity contribution < 1.29 is 19.0 Å². The van der Waals surface area contributed by atoms with Gasteiger partial charge in [-0.1, -0.05) is 31.2 Å². The predicted octanol–water partition coefficient (Wildman–Crippen LogP) is 5.06. The zero-order valence-corrected chi connectivity index (χ0v) is 18.7. The molecule has 32 heavy (non-hydrogen) atoms. The van der Waals surface area contributed by atoms with Gasteiger partial charge in [0, 0.05) is 11.3 Å². The number of para-hydroxylation sites is 1. The minimum Gasteiger partial charge on any atom is -0.494 e. The van der Waals surface area contributed by atoms with Gasteiger partial charge in [0.2, 0.25) is 0 Å². The summed E-state index contributed by atoms with van der Waals surface area (Å²) in [6.45, 7) is 3.48. The summed E-state index contributed by atoms with van der Waals surface area (Å²) < 4.78 is 16.9. The molecular weight excluding hydrogens is 424 g/mol. The fourth-order valence-electron chi connectivity index (χ4n) is 2.75. The molecule has 166 valence electrons. The third kappa shape index (κ3) is 7.59. The normalized spacial score (nSPS) is 10.2. The second kappa shape index (κ2) is 12.3. The van der Waals surface area contributed by atoms with E-state index in [1.807, 2.05) is 54.6 Å². The SMILES string of the molecule is CCCOc1ccc(NC(=S)NC(=O)c2cccc(OCCOc3ccccc3)c2)cc1. The maximum atomic E-state index is 12.5. The van der Waals surface area contributed by atoms with Crippen LogP contribution in [0.2, 0.25) is 0 Å². The summed E-state index contributed by atoms with van der Waals surface area (Å²) in [5, 5.41) is 5.88. The number of hydrogen-bond acceptors (Lipinski definition) is 5. The van der Waals surface area contributed by atoms with Crippen molar-refractivity contribution >= 4 is 28.9 Å². The largest absolute Gasteiger partial charge is 0.494 e. The predicted molar refractivity (Wildman–Crippen MR) is 130 cm³/mol. The summed E-state index contributed by atoms with van der Waals surface area (Å²) in [7, 11) is 0. The van der Waals surface area contributed by atoms with Gasteiger partial charge in [-0.15, -0.1) is 0 Å². The van der Waals surface area contributed by atoms with E-state index in [0.29, 0.717) is 31.1 Å². The summed E-state index contributed by atoms with van der Waals surface area (Å²) in [6, 6.07) is 23.8. The Morgan fingerprint density at radius 3 is 2.12 bits per heavy atom. The van der Waals surface area contributed by atoms with Gasteiger partial charge < -0.3 is 19.5 Å². The molecular formula is C25H26N2O4S. The van der Waals surface area contributed by atoms with Crippen LogP contribution in [0.25, 0.3) is 0 Å². The molecule has 0 heterocycles. The molecule has 1 amide bonds. The van der Waals surface area contributed by atoms with Crippen molar-refractivity contribution in [2.75, 3.05) is 25.1 Å². The van der Waals surface area contributed by atoms with E-state index < -0.39 is 0 Å². The Bertz CT molecular complexity index is 1010. The first-order valence-electron chi connectivity index (χ1n) is 10.4. The fraction of sp³-hybridized carbons (Fsp3) is 0.200. The van der Waals surface area contributed by atoms with Gasteiger partial charge in [-0.05, 0) is 73.2 Å². The first-order chi connectivity index (χ1) is 15.6. The van der Waals surface area contributed by atoms with Gasteiger partial charge in [0.1, 0.15) is 30.5 Å². The van der Waals surface area contributed by atoms with Crippen LogP contribution in [0.4, 0.5) is 5.69 Å². The molecule has 3 aromatic rings. The van der Waals surface area contributed by atoms with Crippen LogP contribution in [0.1, 0.15) is 23.7 Å². The highest BCUT2D eigenvalue weighted by molar-refractivity contribution is 7.80. The number of ether oxygens (including phenoxy) is 3. The molecule has 0 aliphatic rings. The molecule has 0 aromatic heterocycles. The molecule has 0 aliphatic heterocycles. The summed E-state index contributed by atoms with van der Waals surface area (Å²) in [6.07, 6.45) is 0.948. The van der Waals surface area contributed by atoms with Crippen LogP contribution in [-0.2, 0) is 0 Å². The van der Waals surface area contributed by atoms with Gasteiger partial charge in [-0.25, -0.2) is 0 Å². The number of carbonyl (C=O) groups is 1. The van der Waals surface area contributed by atoms with Crippen LogP contribution in [0, 0.1) is 0 Å². The monoisotopic (exact) mass is 450 g/mol. The number of thiocarbonyl (C=S) groups is 1. The number of nitrogens with one attached hydrogen (secondary N) is 2. The smallest absolute Gasteiger partial charge is 0.257 e. The third-order valence-electron chi connectivity index (χ3n) is 4.27. The minimum absolute atomic E-state index is 0.208. The molecule has 3 rings (SSSR count). The topological polar surface area (TPSA) is 68.8 Å². The number of rotatable bonds is 10. The molecule has 0 unspecified atom stereocenters. The van der Waals surface area contributed by atoms with Crippen molar-refractivity contribution in [3.8, 4) is 17.2 Å². The molecule has 6 nitrogen and oxygen atoms in total. The molecule has 0 saturated carbocycles. The van der Waals surface area contributed by atoms with E-state index in [2.05, 4.69) is 17.6 Å². The number of benzene rings is 3. The zero-order chi connectivity index (χ0) is 22.6. The maximum absolute atomic E-state index is 12.5. The lowest BCUT2D eigenvalue weighted by Gasteiger charge is -2.12. The molecule has 0 spiro atoms. The highest BCUT2D eigenvalue weighted by Crippen LogP contribution is 2.17. The molecule has 0 bridgehead atoms. The number of hydrogen-bond donors (Lipinski definition) is 2. The molecule has 2 N–H and O–H groups in total. The van der Waals surface area contributed by atoms with Crippen LogP contribution < -0.4 is 24.8 Å². The van der Waals surface area contributed by atoms with Gasteiger partial charge in [0.25, 0.3) is 5.91 Å². The molecule has 0 fully saturated rings. The Hall–Kier alpha value is -3.58. The summed E-state index contributed by atoms with van der Waals surface area (Å²) in [4.78, 5) is 12.5. The molecule has 7 heteroatoms. The number of amides is 1. The maximum Gasteiger partial charge on any atom is 0.257 e. The van der Waals surface area contributed by atoms with Crippen LogP contribution in [0.15, 0.2) is 78.9 Å². The molecule has 3 aromatic carbocycles. The number of anilines is 1. The van der Waals surface area contributed by atoms with E-state index >= 15 is 0 Å². The standard InChI is InChI=1S/C25H26N2O4S/c1-2-15-29-22-13-11-20(12-14-22)26-25(32)27-24(28)19-7-6-10-23(18-19)31-17-16-30-21-8-4-3-5-9-21/h3-14,18H,2,15-17H2,1H3,(H2,26,27,28,32). The Kier molecular flexibility index (Phi) is 8.89. The van der Waals surface area contributed by atoms with Crippen LogP contribution >= 0.6 is 12.2 Å². The average Bonchev–Trinajstić information content (AvgIpc) is 2.82. The first-order valence-corrected chi connectivity index (χ1v) is 10.8. The fourth-order valence-corrected chi connectivity index (χ4v) is 2.97. The Labute approximate surface area is 193 Å². The summed E-state index contributed by atoms with van der Waals surface area (Å²) in [5.74, 6) is 1.83. The lowest BCUT2D eigenvalue weighted by molar-refractivity contribution is 0.0977. The van der Waals surface area contributed by atoms with Crippen molar-refractivity contribution in [3.63, 3.8) is 0 Å². The quantitative estimate of drug-likeness (QED) is 0.332. The van der Waals surface area contributed by atoms with Crippen LogP contribution in [-0.4, -0.2) is 30.8 Å². The third-order valence-corrected chi connectivity index (χ3v) is 4.48. The van der Waals surface area contributed by atoms with E-state index in [-0.39, 0.29) is 11.0 Å². The van der Waals surface area contributed by atoms with E-state index in [0.717, 1.165) is 23.6 Å². The molecule has 0 aliphatic carbocycles. The van der Waals surface area contributed by atoms with Gasteiger partial charge >= 0.3 is 0 Å². The van der Waals surface area contributed by atoms with Gasteiger partial charge in [0.15, 0.2) is 5.11 Å². The first kappa shape index (κ1) is 23.1. The van der Waals surface area contributed by atoms with Crippen LogP contribution in [0.5, 0.6) is 17.2 Å². The molecule has 0 saturated heterocycles. The van der Waals surface area contributed by atoms with Crippen molar-refractivity contribution in [1.82, 2.24) is 5.32 Å². The highest BCUT2D eigenvalue weighted by atomic mass is 32.1. The van der Waals surface area contributed by atoms with Gasteiger partial charge in [-0.3, -0.25) is 10.1 Å². The molecule has 0 radical (unpaired) electrons. The van der Waals surface area contributed by atoms with Crippen molar-refractivity contribution in [2.24, 2.45) is 0 Å². The van der Waals surface area contributed by atoms with E-state index in [1.165, 1.54) is 0 Å². The lowest BCUT2D eigenvalue weighted by Crippen LogP contribution is -2.34.